The second kappa shape index (κ2) is 5.51. The highest BCUT2D eigenvalue weighted by Gasteiger charge is 2.01. The van der Waals surface area contributed by atoms with Crippen molar-refractivity contribution >= 4 is 38.3 Å². The van der Waals surface area contributed by atoms with Gasteiger partial charge in [0.25, 0.3) is 0 Å². The van der Waals surface area contributed by atoms with Gasteiger partial charge in [-0.25, -0.2) is 4.98 Å². The van der Waals surface area contributed by atoms with E-state index in [9.17, 15) is 0 Å². The Hall–Kier alpha value is -2.07. The summed E-state index contributed by atoms with van der Waals surface area (Å²) in [5.74, 6) is 0.859. The molecular weight excluding hydrogens is 314 g/mol. The van der Waals surface area contributed by atoms with Gasteiger partial charge in [0.1, 0.15) is 5.82 Å². The number of hydrogen-bond donors (Lipinski definition) is 2. The van der Waals surface area contributed by atoms with E-state index >= 15 is 0 Å². The molecule has 1 heterocycles. The van der Waals surface area contributed by atoms with Gasteiger partial charge in [0.2, 0.25) is 0 Å². The minimum absolute atomic E-state index is 0.731. The van der Waals surface area contributed by atoms with Crippen LogP contribution in [0, 0.1) is 0 Å². The SMILES string of the molecule is Nc1ccc2nc(NCc3ccccc3Br)ccc2c1. The summed E-state index contributed by atoms with van der Waals surface area (Å²) in [7, 11) is 0. The number of nitrogens with zero attached hydrogens (tertiary/aromatic N) is 1. The first-order valence-corrected chi connectivity index (χ1v) is 7.15. The molecule has 0 aliphatic heterocycles. The summed E-state index contributed by atoms with van der Waals surface area (Å²) < 4.78 is 1.10. The summed E-state index contributed by atoms with van der Waals surface area (Å²) in [6.45, 7) is 0.731. The Morgan fingerprint density at radius 2 is 1.90 bits per heavy atom. The van der Waals surface area contributed by atoms with Crippen molar-refractivity contribution < 1.29 is 0 Å². The fourth-order valence-electron chi connectivity index (χ4n) is 2.07. The molecule has 0 atom stereocenters. The largest absolute Gasteiger partial charge is 0.399 e. The van der Waals surface area contributed by atoms with Crippen molar-refractivity contribution in [3.8, 4) is 0 Å². The zero-order chi connectivity index (χ0) is 13.9. The first-order chi connectivity index (χ1) is 9.72. The van der Waals surface area contributed by atoms with Gasteiger partial charge in [-0.15, -0.1) is 0 Å². The third-order valence-electron chi connectivity index (χ3n) is 3.13. The molecule has 0 saturated carbocycles. The summed E-state index contributed by atoms with van der Waals surface area (Å²) in [5, 5.41) is 4.39. The predicted molar refractivity (Wildman–Crippen MR) is 87.6 cm³/mol. The van der Waals surface area contributed by atoms with Crippen molar-refractivity contribution in [1.29, 1.82) is 0 Å². The molecule has 3 nitrogen and oxygen atoms in total. The van der Waals surface area contributed by atoms with Crippen LogP contribution in [-0.4, -0.2) is 4.98 Å². The van der Waals surface area contributed by atoms with E-state index in [1.165, 1.54) is 5.56 Å². The maximum absolute atomic E-state index is 5.76. The maximum Gasteiger partial charge on any atom is 0.126 e. The molecule has 100 valence electrons. The van der Waals surface area contributed by atoms with E-state index in [0.717, 1.165) is 33.4 Å². The third-order valence-corrected chi connectivity index (χ3v) is 3.90. The number of anilines is 2. The van der Waals surface area contributed by atoms with Gasteiger partial charge in [0, 0.05) is 22.1 Å². The summed E-state index contributed by atoms with van der Waals surface area (Å²) in [6.07, 6.45) is 0. The van der Waals surface area contributed by atoms with E-state index in [4.69, 9.17) is 5.73 Å². The average molecular weight is 328 g/mol. The van der Waals surface area contributed by atoms with Gasteiger partial charge in [-0.1, -0.05) is 34.1 Å². The molecule has 3 rings (SSSR count). The molecule has 0 aliphatic rings. The number of nitrogens with two attached hydrogens (primary N) is 1. The highest BCUT2D eigenvalue weighted by atomic mass is 79.9. The number of benzene rings is 2. The molecule has 0 aliphatic carbocycles. The second-order valence-electron chi connectivity index (χ2n) is 4.59. The van der Waals surface area contributed by atoms with Gasteiger partial charge in [-0.2, -0.15) is 0 Å². The molecular formula is C16H14BrN3. The molecule has 3 N–H and O–H groups in total. The van der Waals surface area contributed by atoms with Crippen molar-refractivity contribution in [1.82, 2.24) is 4.98 Å². The lowest BCUT2D eigenvalue weighted by atomic mass is 10.2. The van der Waals surface area contributed by atoms with Crippen LogP contribution >= 0.6 is 15.9 Å². The zero-order valence-corrected chi connectivity index (χ0v) is 12.4. The lowest BCUT2D eigenvalue weighted by molar-refractivity contribution is 1.11. The molecule has 0 spiro atoms. The van der Waals surface area contributed by atoms with Gasteiger partial charge < -0.3 is 11.1 Å². The Morgan fingerprint density at radius 1 is 1.05 bits per heavy atom. The molecule has 2 aromatic carbocycles. The van der Waals surface area contributed by atoms with E-state index in [1.807, 2.05) is 48.5 Å². The Bertz CT molecular complexity index is 756. The third kappa shape index (κ3) is 2.75. The predicted octanol–water partition coefficient (Wildman–Crippen LogP) is 4.19. The van der Waals surface area contributed by atoms with E-state index in [1.54, 1.807) is 0 Å². The van der Waals surface area contributed by atoms with Crippen LogP contribution < -0.4 is 11.1 Å². The monoisotopic (exact) mass is 327 g/mol. The number of hydrogen-bond acceptors (Lipinski definition) is 3. The lowest BCUT2D eigenvalue weighted by Gasteiger charge is -2.08. The van der Waals surface area contributed by atoms with Crippen molar-refractivity contribution in [2.45, 2.75) is 6.54 Å². The van der Waals surface area contributed by atoms with Crippen molar-refractivity contribution in [2.75, 3.05) is 11.1 Å². The number of nitrogens with one attached hydrogen (secondary N) is 1. The minimum Gasteiger partial charge on any atom is -0.399 e. The standard InChI is InChI=1S/C16H14BrN3/c17-14-4-2-1-3-12(14)10-19-16-8-5-11-9-13(18)6-7-15(11)20-16/h1-9H,10,18H2,(H,19,20). The van der Waals surface area contributed by atoms with Crippen LogP contribution in [0.25, 0.3) is 10.9 Å². The smallest absolute Gasteiger partial charge is 0.126 e. The van der Waals surface area contributed by atoms with E-state index in [0.29, 0.717) is 0 Å². The molecule has 4 heteroatoms. The van der Waals surface area contributed by atoms with Crippen LogP contribution in [0.5, 0.6) is 0 Å². The number of rotatable bonds is 3. The van der Waals surface area contributed by atoms with Crippen LogP contribution in [0.3, 0.4) is 0 Å². The van der Waals surface area contributed by atoms with Crippen LogP contribution in [0.1, 0.15) is 5.56 Å². The molecule has 3 aromatic rings. The normalized spacial score (nSPS) is 10.7. The second-order valence-corrected chi connectivity index (χ2v) is 5.45. The Morgan fingerprint density at radius 3 is 2.75 bits per heavy atom. The molecule has 0 radical (unpaired) electrons. The number of aromatic nitrogens is 1. The highest BCUT2D eigenvalue weighted by molar-refractivity contribution is 9.10. The first kappa shape index (κ1) is 12.9. The topological polar surface area (TPSA) is 50.9 Å². The molecule has 0 unspecified atom stereocenters. The molecule has 20 heavy (non-hydrogen) atoms. The quantitative estimate of drug-likeness (QED) is 0.709. The summed E-state index contributed by atoms with van der Waals surface area (Å²) >= 11 is 3.54. The molecule has 0 amide bonds. The van der Waals surface area contributed by atoms with Gasteiger partial charge in [0.05, 0.1) is 5.52 Å². The van der Waals surface area contributed by atoms with Crippen LogP contribution in [0.2, 0.25) is 0 Å². The van der Waals surface area contributed by atoms with Crippen molar-refractivity contribution in [2.24, 2.45) is 0 Å². The Kier molecular flexibility index (Phi) is 3.56. The molecule has 1 aromatic heterocycles. The average Bonchev–Trinajstić information content (AvgIpc) is 2.46. The minimum atomic E-state index is 0.731. The fraction of sp³-hybridized carbons (Fsp3) is 0.0625. The summed E-state index contributed by atoms with van der Waals surface area (Å²) in [5.41, 5.74) is 8.66. The summed E-state index contributed by atoms with van der Waals surface area (Å²) in [6, 6.07) is 17.9. The van der Waals surface area contributed by atoms with E-state index < -0.39 is 0 Å². The van der Waals surface area contributed by atoms with Gasteiger partial charge in [0.15, 0.2) is 0 Å². The van der Waals surface area contributed by atoms with Crippen LogP contribution in [-0.2, 0) is 6.54 Å². The maximum atomic E-state index is 5.76. The number of fused-ring (bicyclic) bond motifs is 1. The molecule has 0 bridgehead atoms. The van der Waals surface area contributed by atoms with Crippen molar-refractivity contribution in [3.63, 3.8) is 0 Å². The highest BCUT2D eigenvalue weighted by Crippen LogP contribution is 2.20. The lowest BCUT2D eigenvalue weighted by Crippen LogP contribution is -2.02. The Balaban J connectivity index is 1.81. The van der Waals surface area contributed by atoms with Crippen LogP contribution in [0.15, 0.2) is 59.1 Å². The van der Waals surface area contributed by atoms with E-state index in [-0.39, 0.29) is 0 Å². The first-order valence-electron chi connectivity index (χ1n) is 6.36. The van der Waals surface area contributed by atoms with Gasteiger partial charge >= 0.3 is 0 Å². The summed E-state index contributed by atoms with van der Waals surface area (Å²) in [4.78, 5) is 4.58. The number of halogens is 1. The fourth-order valence-corrected chi connectivity index (χ4v) is 2.50. The number of nitrogen functional groups attached to an aromatic ring is 1. The number of pyridine rings is 1. The molecule has 0 fully saturated rings. The van der Waals surface area contributed by atoms with Crippen LogP contribution in [0.4, 0.5) is 11.5 Å². The van der Waals surface area contributed by atoms with Crippen molar-refractivity contribution in [3.05, 3.63) is 64.6 Å². The molecule has 0 saturated heterocycles. The van der Waals surface area contributed by atoms with Gasteiger partial charge in [-0.3, -0.25) is 0 Å². The van der Waals surface area contributed by atoms with Gasteiger partial charge in [-0.05, 0) is 42.0 Å². The van der Waals surface area contributed by atoms with E-state index in [2.05, 4.69) is 32.3 Å². The Labute approximate surface area is 126 Å². The zero-order valence-electron chi connectivity index (χ0n) is 10.8.